The van der Waals surface area contributed by atoms with Crippen molar-refractivity contribution in [2.45, 2.75) is 5.33 Å². The molecule has 6 heteroatoms. The fourth-order valence-corrected chi connectivity index (χ4v) is 3.06. The van der Waals surface area contributed by atoms with Gasteiger partial charge in [-0.15, -0.1) is 0 Å². The smallest absolute Gasteiger partial charge is 0.266 e. The van der Waals surface area contributed by atoms with Crippen LogP contribution in [0.15, 0.2) is 36.4 Å². The molecule has 3 rings (SSSR count). The van der Waals surface area contributed by atoms with Crippen molar-refractivity contribution in [3.05, 3.63) is 53.1 Å². The molecule has 0 saturated carbocycles. The van der Waals surface area contributed by atoms with Crippen LogP contribution in [0.3, 0.4) is 0 Å². The maximum absolute atomic E-state index is 12.5. The standard InChI is InChI=1S/C15H12BrN3O2/c16-7-10-11(17)5-6-12(18)13(10)19-14(20)8-3-1-2-4-9(8)15(19)21/h1-6H,7,17-18H2. The van der Waals surface area contributed by atoms with Gasteiger partial charge in [0.25, 0.3) is 11.8 Å². The van der Waals surface area contributed by atoms with Crippen LogP contribution in [0.5, 0.6) is 0 Å². The fraction of sp³-hybridized carbons (Fsp3) is 0.0667. The number of hydrogen-bond acceptors (Lipinski definition) is 4. The van der Waals surface area contributed by atoms with Gasteiger partial charge in [0.05, 0.1) is 22.5 Å². The van der Waals surface area contributed by atoms with Gasteiger partial charge in [-0.05, 0) is 24.3 Å². The van der Waals surface area contributed by atoms with Crippen LogP contribution in [0.2, 0.25) is 0 Å². The third kappa shape index (κ3) is 1.91. The molecule has 0 unspecified atom stereocenters. The van der Waals surface area contributed by atoms with E-state index < -0.39 is 0 Å². The van der Waals surface area contributed by atoms with Crippen molar-refractivity contribution in [1.82, 2.24) is 0 Å². The lowest BCUT2D eigenvalue weighted by atomic mass is 10.1. The van der Waals surface area contributed by atoms with Gasteiger partial charge in [-0.2, -0.15) is 0 Å². The minimum Gasteiger partial charge on any atom is -0.398 e. The Kier molecular flexibility index (Phi) is 3.17. The van der Waals surface area contributed by atoms with Crippen LogP contribution >= 0.6 is 15.9 Å². The predicted octanol–water partition coefficient (Wildman–Crippen LogP) is 2.55. The van der Waals surface area contributed by atoms with E-state index in [9.17, 15) is 9.59 Å². The van der Waals surface area contributed by atoms with Crippen LogP contribution in [-0.2, 0) is 5.33 Å². The zero-order chi connectivity index (χ0) is 15.1. The normalized spacial score (nSPS) is 13.7. The highest BCUT2D eigenvalue weighted by Gasteiger charge is 2.38. The minimum atomic E-state index is -0.380. The Labute approximate surface area is 129 Å². The van der Waals surface area contributed by atoms with E-state index >= 15 is 0 Å². The summed E-state index contributed by atoms with van der Waals surface area (Å²) in [6, 6.07) is 9.97. The number of alkyl halides is 1. The lowest BCUT2D eigenvalue weighted by molar-refractivity contribution is 0.0926. The first-order valence-corrected chi connectivity index (χ1v) is 7.39. The molecular weight excluding hydrogens is 334 g/mol. The van der Waals surface area contributed by atoms with Gasteiger partial charge in [0.2, 0.25) is 0 Å². The van der Waals surface area contributed by atoms with Crippen LogP contribution < -0.4 is 16.4 Å². The second-order valence-corrected chi connectivity index (χ2v) is 5.26. The molecule has 2 aromatic carbocycles. The number of nitrogens with two attached hydrogens (primary N) is 2. The molecule has 2 amide bonds. The Balaban J connectivity index is 2.23. The number of imide groups is 1. The minimum absolute atomic E-state index is 0.341. The molecule has 2 aromatic rings. The molecule has 0 aromatic heterocycles. The zero-order valence-corrected chi connectivity index (χ0v) is 12.6. The van der Waals surface area contributed by atoms with Gasteiger partial charge in [0.15, 0.2) is 0 Å². The van der Waals surface area contributed by atoms with Gasteiger partial charge >= 0.3 is 0 Å². The molecular formula is C15H12BrN3O2. The van der Waals surface area contributed by atoms with E-state index in [4.69, 9.17) is 11.5 Å². The number of anilines is 3. The number of amides is 2. The number of nitrogen functional groups attached to an aromatic ring is 2. The monoisotopic (exact) mass is 345 g/mol. The van der Waals surface area contributed by atoms with E-state index in [1.807, 2.05) is 0 Å². The molecule has 0 saturated heterocycles. The van der Waals surface area contributed by atoms with Gasteiger partial charge in [0.1, 0.15) is 0 Å². The van der Waals surface area contributed by atoms with Crippen molar-refractivity contribution in [2.24, 2.45) is 0 Å². The summed E-state index contributed by atoms with van der Waals surface area (Å²) in [4.78, 5) is 26.2. The summed E-state index contributed by atoms with van der Waals surface area (Å²) in [5.41, 5.74) is 14.5. The van der Waals surface area contributed by atoms with E-state index in [1.165, 1.54) is 0 Å². The quantitative estimate of drug-likeness (QED) is 0.497. The lowest BCUT2D eigenvalue weighted by Gasteiger charge is -2.20. The summed E-state index contributed by atoms with van der Waals surface area (Å²) >= 11 is 3.33. The Bertz CT molecular complexity index is 739. The van der Waals surface area contributed by atoms with E-state index in [1.54, 1.807) is 36.4 Å². The van der Waals surface area contributed by atoms with E-state index in [0.29, 0.717) is 39.1 Å². The highest BCUT2D eigenvalue weighted by molar-refractivity contribution is 9.08. The fourth-order valence-electron chi connectivity index (χ4n) is 2.47. The van der Waals surface area contributed by atoms with Crippen LogP contribution in [0.4, 0.5) is 17.1 Å². The average molecular weight is 346 g/mol. The Morgan fingerprint density at radius 1 is 0.905 bits per heavy atom. The second kappa shape index (κ2) is 4.89. The van der Waals surface area contributed by atoms with E-state index in [2.05, 4.69) is 15.9 Å². The molecule has 4 N–H and O–H groups in total. The molecule has 106 valence electrons. The van der Waals surface area contributed by atoms with Gasteiger partial charge in [-0.1, -0.05) is 28.1 Å². The van der Waals surface area contributed by atoms with Crippen LogP contribution in [0.25, 0.3) is 0 Å². The molecule has 0 aliphatic carbocycles. The second-order valence-electron chi connectivity index (χ2n) is 4.70. The number of hydrogen-bond donors (Lipinski definition) is 2. The summed E-state index contributed by atoms with van der Waals surface area (Å²) in [5, 5.41) is 0.395. The summed E-state index contributed by atoms with van der Waals surface area (Å²) in [6.45, 7) is 0. The molecule has 5 nitrogen and oxygen atoms in total. The van der Waals surface area contributed by atoms with Gasteiger partial charge in [0, 0.05) is 16.6 Å². The molecule has 21 heavy (non-hydrogen) atoms. The largest absolute Gasteiger partial charge is 0.398 e. The van der Waals surface area contributed by atoms with Gasteiger partial charge in [-0.3, -0.25) is 9.59 Å². The van der Waals surface area contributed by atoms with E-state index in [-0.39, 0.29) is 11.8 Å². The number of carbonyl (C=O) groups excluding carboxylic acids is 2. The number of halogens is 1. The Morgan fingerprint density at radius 2 is 1.43 bits per heavy atom. The molecule has 0 radical (unpaired) electrons. The van der Waals surface area contributed by atoms with Crippen LogP contribution in [0, 0.1) is 0 Å². The Morgan fingerprint density at radius 3 is 1.95 bits per heavy atom. The first-order chi connectivity index (χ1) is 10.1. The first kappa shape index (κ1) is 13.6. The third-order valence-corrected chi connectivity index (χ3v) is 4.06. The lowest BCUT2D eigenvalue weighted by Crippen LogP contribution is -2.31. The maximum Gasteiger partial charge on any atom is 0.266 e. The number of fused-ring (bicyclic) bond motifs is 1. The van der Waals surface area contributed by atoms with Crippen molar-refractivity contribution >= 4 is 44.8 Å². The molecule has 1 aliphatic heterocycles. The van der Waals surface area contributed by atoms with Gasteiger partial charge < -0.3 is 11.5 Å². The van der Waals surface area contributed by atoms with Crippen molar-refractivity contribution in [3.63, 3.8) is 0 Å². The molecule has 0 spiro atoms. The highest BCUT2D eigenvalue weighted by Crippen LogP contribution is 2.38. The molecule has 1 heterocycles. The number of carbonyl (C=O) groups is 2. The molecule has 0 bridgehead atoms. The molecule has 0 atom stereocenters. The van der Waals surface area contributed by atoms with Crippen molar-refractivity contribution < 1.29 is 9.59 Å². The summed E-state index contributed by atoms with van der Waals surface area (Å²) in [5.74, 6) is -0.759. The van der Waals surface area contributed by atoms with E-state index in [0.717, 1.165) is 4.90 Å². The number of rotatable bonds is 2. The SMILES string of the molecule is Nc1ccc(N)c(N2C(=O)c3ccccc3C2=O)c1CBr. The number of nitrogens with zero attached hydrogens (tertiary/aromatic N) is 1. The van der Waals surface area contributed by atoms with Crippen molar-refractivity contribution in [1.29, 1.82) is 0 Å². The number of benzene rings is 2. The van der Waals surface area contributed by atoms with Gasteiger partial charge in [-0.25, -0.2) is 4.90 Å². The maximum atomic E-state index is 12.5. The third-order valence-electron chi connectivity index (χ3n) is 3.50. The predicted molar refractivity (Wildman–Crippen MR) is 85.5 cm³/mol. The van der Waals surface area contributed by atoms with Crippen LogP contribution in [0.1, 0.15) is 26.3 Å². The summed E-state index contributed by atoms with van der Waals surface area (Å²) in [7, 11) is 0. The highest BCUT2D eigenvalue weighted by atomic mass is 79.9. The summed E-state index contributed by atoms with van der Waals surface area (Å²) < 4.78 is 0. The first-order valence-electron chi connectivity index (χ1n) is 6.27. The zero-order valence-electron chi connectivity index (χ0n) is 11.0. The van der Waals surface area contributed by atoms with Crippen molar-refractivity contribution in [3.8, 4) is 0 Å². The molecule has 0 fully saturated rings. The Hall–Kier alpha value is -2.34. The molecule has 1 aliphatic rings. The average Bonchev–Trinajstić information content (AvgIpc) is 2.74. The van der Waals surface area contributed by atoms with Crippen molar-refractivity contribution in [2.75, 3.05) is 16.4 Å². The topological polar surface area (TPSA) is 89.4 Å². The summed E-state index contributed by atoms with van der Waals surface area (Å²) in [6.07, 6.45) is 0. The van der Waals surface area contributed by atoms with Crippen LogP contribution in [-0.4, -0.2) is 11.8 Å².